The lowest BCUT2D eigenvalue weighted by atomic mass is 9.90. The Bertz CT molecular complexity index is 651. The van der Waals surface area contributed by atoms with Gasteiger partial charge in [0.1, 0.15) is 18.3 Å². The number of halogens is 1. The van der Waals surface area contributed by atoms with Gasteiger partial charge in [0.25, 0.3) is 5.79 Å². The van der Waals surface area contributed by atoms with Gasteiger partial charge in [-0.25, -0.2) is 4.39 Å². The largest absolute Gasteiger partial charge is 0.456 e. The second-order valence-electron chi connectivity index (χ2n) is 4.87. The van der Waals surface area contributed by atoms with E-state index in [4.69, 9.17) is 9.47 Å². The van der Waals surface area contributed by atoms with Crippen molar-refractivity contribution in [1.29, 1.82) is 0 Å². The van der Waals surface area contributed by atoms with Crippen LogP contribution >= 0.6 is 0 Å². The summed E-state index contributed by atoms with van der Waals surface area (Å²) in [5, 5.41) is 0.978. The summed E-state index contributed by atoms with van der Waals surface area (Å²) in [6, 6.07) is 4.85. The van der Waals surface area contributed by atoms with Crippen molar-refractivity contribution >= 4 is 10.9 Å². The van der Waals surface area contributed by atoms with Gasteiger partial charge in [-0.15, -0.1) is 0 Å². The van der Waals surface area contributed by atoms with Gasteiger partial charge >= 0.3 is 0 Å². The third-order valence-corrected chi connectivity index (χ3v) is 3.78. The van der Waals surface area contributed by atoms with Crippen molar-refractivity contribution in [1.82, 2.24) is 4.98 Å². The topological polar surface area (TPSA) is 34.2 Å². The number of rotatable bonds is 0. The van der Waals surface area contributed by atoms with Gasteiger partial charge in [0.05, 0.1) is 6.42 Å². The van der Waals surface area contributed by atoms with Gasteiger partial charge in [0.15, 0.2) is 0 Å². The van der Waals surface area contributed by atoms with Crippen LogP contribution in [0.1, 0.15) is 17.7 Å². The number of aromatic amines is 1. The van der Waals surface area contributed by atoms with E-state index in [9.17, 15) is 4.39 Å². The lowest BCUT2D eigenvalue weighted by molar-refractivity contribution is -0.148. The van der Waals surface area contributed by atoms with Gasteiger partial charge in [0, 0.05) is 23.0 Å². The van der Waals surface area contributed by atoms with Crippen LogP contribution in [0.4, 0.5) is 4.39 Å². The van der Waals surface area contributed by atoms with E-state index in [1.165, 1.54) is 11.6 Å². The summed E-state index contributed by atoms with van der Waals surface area (Å²) in [4.78, 5) is 3.34. The molecule has 0 atom stereocenters. The van der Waals surface area contributed by atoms with E-state index >= 15 is 0 Å². The van der Waals surface area contributed by atoms with Crippen molar-refractivity contribution in [2.45, 2.75) is 25.0 Å². The van der Waals surface area contributed by atoms with Crippen LogP contribution in [0.25, 0.3) is 10.9 Å². The predicted octanol–water partition coefficient (Wildman–Crippen LogP) is 3.01. The number of nitrogens with one attached hydrogen (secondary N) is 1. The van der Waals surface area contributed by atoms with Gasteiger partial charge in [-0.2, -0.15) is 0 Å². The highest BCUT2D eigenvalue weighted by atomic mass is 19.1. The zero-order valence-corrected chi connectivity index (χ0v) is 9.70. The van der Waals surface area contributed by atoms with E-state index < -0.39 is 5.79 Å². The second-order valence-corrected chi connectivity index (χ2v) is 4.87. The Morgan fingerprint density at radius 3 is 2.89 bits per heavy atom. The Morgan fingerprint density at radius 2 is 2.06 bits per heavy atom. The molecule has 0 fully saturated rings. The average molecular weight is 245 g/mol. The third-order valence-electron chi connectivity index (χ3n) is 3.78. The zero-order valence-electron chi connectivity index (χ0n) is 9.70. The number of ether oxygens (including phenoxy) is 2. The van der Waals surface area contributed by atoms with Crippen LogP contribution in [0.5, 0.6) is 0 Å². The van der Waals surface area contributed by atoms with Gasteiger partial charge < -0.3 is 14.5 Å². The van der Waals surface area contributed by atoms with Crippen molar-refractivity contribution in [3.05, 3.63) is 47.8 Å². The SMILES string of the molecule is Fc1ccc2[nH]c3c(c2c1)CCC1(C3)OC=CO1. The molecule has 1 aromatic carbocycles. The molecule has 0 radical (unpaired) electrons. The summed E-state index contributed by atoms with van der Waals surface area (Å²) in [5.41, 5.74) is 3.25. The van der Waals surface area contributed by atoms with E-state index in [2.05, 4.69) is 4.98 Å². The molecule has 92 valence electrons. The summed E-state index contributed by atoms with van der Waals surface area (Å²) in [7, 11) is 0. The zero-order chi connectivity index (χ0) is 12.2. The molecule has 0 unspecified atom stereocenters. The Balaban J connectivity index is 1.83. The van der Waals surface area contributed by atoms with Crippen LogP contribution < -0.4 is 0 Å². The number of benzene rings is 1. The highest BCUT2D eigenvalue weighted by Crippen LogP contribution is 2.38. The molecular formula is C14H12FNO2. The molecule has 1 N–H and O–H groups in total. The molecule has 1 aliphatic carbocycles. The monoisotopic (exact) mass is 245 g/mol. The van der Waals surface area contributed by atoms with Crippen molar-refractivity contribution in [2.75, 3.05) is 0 Å². The molecule has 1 aromatic heterocycles. The summed E-state index contributed by atoms with van der Waals surface area (Å²) in [5.74, 6) is -0.744. The summed E-state index contributed by atoms with van der Waals surface area (Å²) in [6.45, 7) is 0. The number of fused-ring (bicyclic) bond motifs is 3. The lowest BCUT2D eigenvalue weighted by Gasteiger charge is -2.31. The van der Waals surface area contributed by atoms with Crippen molar-refractivity contribution in [3.63, 3.8) is 0 Å². The number of hydrogen-bond donors (Lipinski definition) is 1. The standard InChI is InChI=1S/C14H12FNO2/c15-9-1-2-12-11(7-9)10-3-4-14(8-13(10)16-12)17-5-6-18-14/h1-2,5-7,16H,3-4,8H2. The van der Waals surface area contributed by atoms with Gasteiger partial charge in [0.2, 0.25) is 0 Å². The van der Waals surface area contributed by atoms with Crippen molar-refractivity contribution < 1.29 is 13.9 Å². The van der Waals surface area contributed by atoms with Crippen molar-refractivity contribution in [2.24, 2.45) is 0 Å². The minimum Gasteiger partial charge on any atom is -0.456 e. The molecule has 1 aliphatic heterocycles. The van der Waals surface area contributed by atoms with Gasteiger partial charge in [-0.1, -0.05) is 0 Å². The Morgan fingerprint density at radius 1 is 1.22 bits per heavy atom. The average Bonchev–Trinajstić information content (AvgIpc) is 2.94. The Kier molecular flexibility index (Phi) is 1.82. The maximum atomic E-state index is 13.3. The molecule has 4 rings (SSSR count). The molecule has 4 heteroatoms. The maximum absolute atomic E-state index is 13.3. The van der Waals surface area contributed by atoms with Crippen LogP contribution in [0, 0.1) is 5.82 Å². The number of aromatic nitrogens is 1. The Labute approximate surface area is 103 Å². The smallest absolute Gasteiger partial charge is 0.255 e. The molecule has 3 nitrogen and oxygen atoms in total. The van der Waals surface area contributed by atoms with E-state index in [-0.39, 0.29) is 5.82 Å². The second kappa shape index (κ2) is 3.28. The van der Waals surface area contributed by atoms with Gasteiger partial charge in [-0.05, 0) is 30.2 Å². The maximum Gasteiger partial charge on any atom is 0.255 e. The molecule has 1 spiro atoms. The van der Waals surface area contributed by atoms with E-state index in [1.807, 2.05) is 0 Å². The number of H-pyrrole nitrogens is 1. The van der Waals surface area contributed by atoms with Crippen molar-refractivity contribution in [3.8, 4) is 0 Å². The summed E-state index contributed by atoms with van der Waals surface area (Å²) in [6.07, 6.45) is 5.48. The predicted molar refractivity (Wildman–Crippen MR) is 64.3 cm³/mol. The molecule has 0 bridgehead atoms. The molecular weight excluding hydrogens is 233 g/mol. The summed E-state index contributed by atoms with van der Waals surface area (Å²) < 4.78 is 24.4. The van der Waals surface area contributed by atoms with E-state index in [0.29, 0.717) is 6.42 Å². The van der Waals surface area contributed by atoms with E-state index in [0.717, 1.165) is 29.4 Å². The highest BCUT2D eigenvalue weighted by Gasteiger charge is 2.40. The molecule has 2 heterocycles. The number of hydrogen-bond acceptors (Lipinski definition) is 2. The van der Waals surface area contributed by atoms with Crippen LogP contribution in [0.15, 0.2) is 30.7 Å². The van der Waals surface area contributed by atoms with Crippen LogP contribution in [-0.4, -0.2) is 10.8 Å². The van der Waals surface area contributed by atoms with Crippen LogP contribution in [-0.2, 0) is 22.3 Å². The highest BCUT2D eigenvalue weighted by molar-refractivity contribution is 5.85. The van der Waals surface area contributed by atoms with Crippen LogP contribution in [0.3, 0.4) is 0 Å². The lowest BCUT2D eigenvalue weighted by Crippen LogP contribution is -2.36. The first kappa shape index (κ1) is 10.00. The quantitative estimate of drug-likeness (QED) is 0.774. The molecule has 0 amide bonds. The van der Waals surface area contributed by atoms with E-state index in [1.54, 1.807) is 24.7 Å². The number of aryl methyl sites for hydroxylation is 1. The fourth-order valence-corrected chi connectivity index (χ4v) is 2.92. The third kappa shape index (κ3) is 1.29. The fourth-order valence-electron chi connectivity index (χ4n) is 2.92. The van der Waals surface area contributed by atoms with Gasteiger partial charge in [-0.3, -0.25) is 0 Å². The normalized spacial score (nSPS) is 19.8. The fraction of sp³-hybridized carbons (Fsp3) is 0.286. The first-order valence-electron chi connectivity index (χ1n) is 6.05. The molecule has 0 saturated heterocycles. The Hall–Kier alpha value is -1.97. The first-order chi connectivity index (χ1) is 8.76. The minimum atomic E-state index is -0.549. The van der Waals surface area contributed by atoms with Crippen LogP contribution in [0.2, 0.25) is 0 Å². The minimum absolute atomic E-state index is 0.195. The first-order valence-corrected chi connectivity index (χ1v) is 6.05. The summed E-state index contributed by atoms with van der Waals surface area (Å²) >= 11 is 0. The molecule has 0 saturated carbocycles. The molecule has 2 aromatic rings. The molecule has 18 heavy (non-hydrogen) atoms. The molecule has 2 aliphatic rings.